The van der Waals surface area contributed by atoms with Crippen LogP contribution >= 0.6 is 0 Å². The normalized spacial score (nSPS) is 12.1. The van der Waals surface area contributed by atoms with E-state index in [9.17, 15) is 9.18 Å². The van der Waals surface area contributed by atoms with Crippen LogP contribution in [0, 0.1) is 5.82 Å². The summed E-state index contributed by atoms with van der Waals surface area (Å²) in [7, 11) is 0. The third-order valence-corrected chi connectivity index (χ3v) is 3.01. The molecule has 2 aromatic rings. The maximum Gasteiger partial charge on any atom is 0.227 e. The molecule has 20 heavy (non-hydrogen) atoms. The van der Waals surface area contributed by atoms with Crippen LogP contribution in [0.2, 0.25) is 0 Å². The molecule has 0 heterocycles. The van der Waals surface area contributed by atoms with Crippen LogP contribution in [0.15, 0.2) is 54.6 Å². The monoisotopic (exact) mass is 273 g/mol. The molecule has 1 unspecified atom stereocenters. The molecular formula is C16H16FNO2. The summed E-state index contributed by atoms with van der Waals surface area (Å²) in [6, 6.07) is 15.3. The predicted molar refractivity (Wildman–Crippen MR) is 74.4 cm³/mol. The Morgan fingerprint density at radius 3 is 2.35 bits per heavy atom. The zero-order valence-corrected chi connectivity index (χ0v) is 11.0. The molecule has 2 aromatic carbocycles. The molecule has 0 aliphatic heterocycles. The van der Waals surface area contributed by atoms with E-state index in [2.05, 4.69) is 0 Å². The van der Waals surface area contributed by atoms with Crippen LogP contribution in [0.1, 0.15) is 17.0 Å². The van der Waals surface area contributed by atoms with Crippen molar-refractivity contribution in [2.75, 3.05) is 6.61 Å². The Morgan fingerprint density at radius 1 is 1.10 bits per heavy atom. The van der Waals surface area contributed by atoms with E-state index >= 15 is 0 Å². The zero-order valence-electron chi connectivity index (χ0n) is 11.0. The molecule has 0 saturated heterocycles. The fraction of sp³-hybridized carbons (Fsp3) is 0.188. The number of amides is 1. The van der Waals surface area contributed by atoms with E-state index in [1.165, 1.54) is 12.1 Å². The van der Waals surface area contributed by atoms with Gasteiger partial charge in [0.25, 0.3) is 0 Å². The minimum Gasteiger partial charge on any atom is -0.376 e. The smallest absolute Gasteiger partial charge is 0.227 e. The van der Waals surface area contributed by atoms with Crippen LogP contribution < -0.4 is 5.73 Å². The van der Waals surface area contributed by atoms with Crippen LogP contribution in [-0.4, -0.2) is 12.5 Å². The lowest BCUT2D eigenvalue weighted by Crippen LogP contribution is -2.25. The molecule has 0 spiro atoms. The average molecular weight is 273 g/mol. The molecule has 3 nitrogen and oxygen atoms in total. The number of ether oxygens (including phenoxy) is 1. The van der Waals surface area contributed by atoms with Crippen molar-refractivity contribution in [3.05, 3.63) is 71.5 Å². The first-order valence-electron chi connectivity index (χ1n) is 6.33. The number of carbonyl (C=O) groups excluding carboxylic acids is 1. The van der Waals surface area contributed by atoms with Gasteiger partial charge >= 0.3 is 0 Å². The van der Waals surface area contributed by atoms with Gasteiger partial charge in [-0.25, -0.2) is 4.39 Å². The Hall–Kier alpha value is -2.20. The predicted octanol–water partition coefficient (Wildman–Crippen LogP) is 2.61. The van der Waals surface area contributed by atoms with Gasteiger partial charge in [0.05, 0.1) is 19.1 Å². The average Bonchev–Trinajstić information content (AvgIpc) is 2.46. The SMILES string of the molecule is NC(=O)C(COCc1ccc(F)cc1)c1ccccc1. The van der Waals surface area contributed by atoms with E-state index < -0.39 is 11.8 Å². The molecule has 0 aliphatic rings. The van der Waals surface area contributed by atoms with Crippen molar-refractivity contribution < 1.29 is 13.9 Å². The van der Waals surface area contributed by atoms with Gasteiger partial charge in [-0.3, -0.25) is 4.79 Å². The lowest BCUT2D eigenvalue weighted by atomic mass is 10.00. The molecule has 0 radical (unpaired) electrons. The fourth-order valence-electron chi connectivity index (χ4n) is 1.90. The standard InChI is InChI=1S/C16H16FNO2/c17-14-8-6-12(7-9-14)10-20-11-15(16(18)19)13-4-2-1-3-5-13/h1-9,15H,10-11H2,(H2,18,19). The summed E-state index contributed by atoms with van der Waals surface area (Å²) in [6.45, 7) is 0.521. The van der Waals surface area contributed by atoms with E-state index in [0.29, 0.717) is 6.61 Å². The van der Waals surface area contributed by atoms with Gasteiger partial charge in [0.15, 0.2) is 0 Å². The summed E-state index contributed by atoms with van der Waals surface area (Å²) in [4.78, 5) is 11.5. The summed E-state index contributed by atoms with van der Waals surface area (Å²) < 4.78 is 18.3. The van der Waals surface area contributed by atoms with E-state index in [1.54, 1.807) is 12.1 Å². The highest BCUT2D eigenvalue weighted by atomic mass is 19.1. The van der Waals surface area contributed by atoms with Crippen LogP contribution in [0.25, 0.3) is 0 Å². The topological polar surface area (TPSA) is 52.3 Å². The van der Waals surface area contributed by atoms with Crippen LogP contribution in [0.3, 0.4) is 0 Å². The second-order valence-electron chi connectivity index (χ2n) is 4.51. The van der Waals surface area contributed by atoms with Crippen molar-refractivity contribution in [2.24, 2.45) is 5.73 Å². The van der Waals surface area contributed by atoms with Crippen molar-refractivity contribution >= 4 is 5.91 Å². The van der Waals surface area contributed by atoms with Gasteiger partial charge < -0.3 is 10.5 Å². The van der Waals surface area contributed by atoms with Gasteiger partial charge in [-0.05, 0) is 23.3 Å². The number of carbonyl (C=O) groups is 1. The third-order valence-electron chi connectivity index (χ3n) is 3.01. The quantitative estimate of drug-likeness (QED) is 0.879. The fourth-order valence-corrected chi connectivity index (χ4v) is 1.90. The summed E-state index contributed by atoms with van der Waals surface area (Å²) in [5, 5.41) is 0. The molecule has 0 fully saturated rings. The Bertz CT molecular complexity index is 554. The maximum absolute atomic E-state index is 12.8. The highest BCUT2D eigenvalue weighted by Crippen LogP contribution is 2.16. The second kappa shape index (κ2) is 6.82. The highest BCUT2D eigenvalue weighted by Gasteiger charge is 2.17. The van der Waals surface area contributed by atoms with Gasteiger partial charge in [-0.15, -0.1) is 0 Å². The number of primary amides is 1. The lowest BCUT2D eigenvalue weighted by Gasteiger charge is -2.14. The minimum absolute atomic E-state index is 0.205. The molecule has 1 atom stereocenters. The molecule has 2 rings (SSSR count). The first-order valence-corrected chi connectivity index (χ1v) is 6.33. The number of rotatable bonds is 6. The number of benzene rings is 2. The summed E-state index contributed by atoms with van der Waals surface area (Å²) in [6.07, 6.45) is 0. The van der Waals surface area contributed by atoms with Crippen molar-refractivity contribution in [1.82, 2.24) is 0 Å². The van der Waals surface area contributed by atoms with Gasteiger partial charge in [-0.2, -0.15) is 0 Å². The van der Waals surface area contributed by atoms with Crippen LogP contribution in [-0.2, 0) is 16.1 Å². The van der Waals surface area contributed by atoms with Crippen LogP contribution in [0.4, 0.5) is 4.39 Å². The number of hydrogen-bond acceptors (Lipinski definition) is 2. The van der Waals surface area contributed by atoms with E-state index in [4.69, 9.17) is 10.5 Å². The molecule has 0 aliphatic carbocycles. The zero-order chi connectivity index (χ0) is 14.4. The molecular weight excluding hydrogens is 257 g/mol. The number of nitrogens with two attached hydrogens (primary N) is 1. The highest BCUT2D eigenvalue weighted by molar-refractivity contribution is 5.82. The molecule has 2 N–H and O–H groups in total. The molecule has 0 saturated carbocycles. The molecule has 0 bridgehead atoms. The minimum atomic E-state index is -0.475. The summed E-state index contributed by atoms with van der Waals surface area (Å²) >= 11 is 0. The molecule has 1 amide bonds. The largest absolute Gasteiger partial charge is 0.376 e. The first kappa shape index (κ1) is 14.2. The molecule has 104 valence electrons. The number of hydrogen-bond donors (Lipinski definition) is 1. The maximum atomic E-state index is 12.8. The Labute approximate surface area is 117 Å². The van der Waals surface area contributed by atoms with Crippen molar-refractivity contribution in [1.29, 1.82) is 0 Å². The number of halogens is 1. The van der Waals surface area contributed by atoms with E-state index in [-0.39, 0.29) is 12.4 Å². The van der Waals surface area contributed by atoms with Gasteiger partial charge in [0.2, 0.25) is 5.91 Å². The van der Waals surface area contributed by atoms with Crippen molar-refractivity contribution in [3.63, 3.8) is 0 Å². The molecule has 0 aromatic heterocycles. The third kappa shape index (κ3) is 3.90. The van der Waals surface area contributed by atoms with Gasteiger partial charge in [0.1, 0.15) is 5.82 Å². The summed E-state index contributed by atoms with van der Waals surface area (Å²) in [5.74, 6) is -1.18. The van der Waals surface area contributed by atoms with Gasteiger partial charge in [-0.1, -0.05) is 42.5 Å². The van der Waals surface area contributed by atoms with Gasteiger partial charge in [0, 0.05) is 0 Å². The Balaban J connectivity index is 1.93. The van der Waals surface area contributed by atoms with E-state index in [1.807, 2.05) is 30.3 Å². The lowest BCUT2D eigenvalue weighted by molar-refractivity contribution is -0.120. The van der Waals surface area contributed by atoms with E-state index in [0.717, 1.165) is 11.1 Å². The Kier molecular flexibility index (Phi) is 4.85. The van der Waals surface area contributed by atoms with Crippen molar-refractivity contribution in [3.8, 4) is 0 Å². The summed E-state index contributed by atoms with van der Waals surface area (Å²) in [5.41, 5.74) is 7.08. The molecule has 4 heteroatoms. The first-order chi connectivity index (χ1) is 9.66. The van der Waals surface area contributed by atoms with Crippen LogP contribution in [0.5, 0.6) is 0 Å². The Morgan fingerprint density at radius 2 is 1.75 bits per heavy atom. The van der Waals surface area contributed by atoms with Crippen molar-refractivity contribution in [2.45, 2.75) is 12.5 Å². The second-order valence-corrected chi connectivity index (χ2v) is 4.51.